The number of thioether (sulfide) groups is 1. The molecule has 1 N–H and O–H groups in total. The number of aryl methyl sites for hydroxylation is 1. The van der Waals surface area contributed by atoms with Crippen LogP contribution in [0.15, 0.2) is 17.0 Å². The molecular formula is C13H18N2OS. The summed E-state index contributed by atoms with van der Waals surface area (Å²) in [5.41, 5.74) is 3.58. The maximum Gasteiger partial charge on any atom is 0.240 e. The minimum absolute atomic E-state index is 0.155. The van der Waals surface area contributed by atoms with Crippen molar-refractivity contribution < 1.29 is 4.79 Å². The number of nitrogens with zero attached hydrogens (tertiary/aromatic N) is 1. The largest absolute Gasteiger partial charge is 0.311 e. The second-order valence-electron chi connectivity index (χ2n) is 4.28. The van der Waals surface area contributed by atoms with Crippen molar-refractivity contribution in [3.8, 4) is 0 Å². The molecule has 0 radical (unpaired) electrons. The van der Waals surface area contributed by atoms with Crippen LogP contribution < -0.4 is 10.2 Å². The Morgan fingerprint density at radius 2 is 2.24 bits per heavy atom. The molecule has 0 bridgehead atoms. The molecule has 0 unspecified atom stereocenters. The highest BCUT2D eigenvalue weighted by molar-refractivity contribution is 7.99. The lowest BCUT2D eigenvalue weighted by Gasteiger charge is -2.31. The van der Waals surface area contributed by atoms with Gasteiger partial charge in [-0.2, -0.15) is 0 Å². The number of nitrogens with one attached hydrogen (secondary N) is 1. The van der Waals surface area contributed by atoms with E-state index in [1.165, 1.54) is 16.0 Å². The Hall–Kier alpha value is -1.00. The van der Waals surface area contributed by atoms with Crippen molar-refractivity contribution in [1.29, 1.82) is 0 Å². The predicted molar refractivity (Wildman–Crippen MR) is 72.9 cm³/mol. The first-order valence-corrected chi connectivity index (χ1v) is 6.81. The summed E-state index contributed by atoms with van der Waals surface area (Å²) in [4.78, 5) is 15.2. The average molecular weight is 250 g/mol. The van der Waals surface area contributed by atoms with Crippen LogP contribution in [-0.4, -0.2) is 31.8 Å². The van der Waals surface area contributed by atoms with Crippen LogP contribution in [0.3, 0.4) is 0 Å². The maximum absolute atomic E-state index is 12.1. The van der Waals surface area contributed by atoms with Crippen LogP contribution >= 0.6 is 11.8 Å². The predicted octanol–water partition coefficient (Wildman–Crippen LogP) is 1.96. The van der Waals surface area contributed by atoms with Gasteiger partial charge < -0.3 is 10.2 Å². The Morgan fingerprint density at radius 3 is 2.94 bits per heavy atom. The SMILES string of the molecule is CNCC(=O)N1CCSc2ccc(C)c(C)c21. The van der Waals surface area contributed by atoms with E-state index in [2.05, 4.69) is 31.3 Å². The molecule has 2 rings (SSSR count). The zero-order valence-electron chi connectivity index (χ0n) is 10.5. The van der Waals surface area contributed by atoms with E-state index in [4.69, 9.17) is 0 Å². The molecule has 0 spiro atoms. The number of fused-ring (bicyclic) bond motifs is 1. The molecular weight excluding hydrogens is 232 g/mol. The van der Waals surface area contributed by atoms with Crippen molar-refractivity contribution in [1.82, 2.24) is 5.32 Å². The number of likely N-dealkylation sites (N-methyl/N-ethyl adjacent to an activating group) is 1. The van der Waals surface area contributed by atoms with E-state index in [1.54, 1.807) is 7.05 Å². The van der Waals surface area contributed by atoms with E-state index in [0.717, 1.165) is 18.0 Å². The van der Waals surface area contributed by atoms with Crippen molar-refractivity contribution >= 4 is 23.4 Å². The lowest BCUT2D eigenvalue weighted by molar-refractivity contribution is -0.117. The summed E-state index contributed by atoms with van der Waals surface area (Å²) < 4.78 is 0. The third-order valence-corrected chi connectivity index (χ3v) is 4.16. The van der Waals surface area contributed by atoms with Gasteiger partial charge in [-0.25, -0.2) is 0 Å². The summed E-state index contributed by atoms with van der Waals surface area (Å²) in [5, 5.41) is 2.93. The number of hydrogen-bond donors (Lipinski definition) is 1. The number of hydrogen-bond acceptors (Lipinski definition) is 3. The second kappa shape index (κ2) is 5.10. The summed E-state index contributed by atoms with van der Waals surface area (Å²) in [6.07, 6.45) is 0. The van der Waals surface area contributed by atoms with E-state index in [0.29, 0.717) is 6.54 Å². The van der Waals surface area contributed by atoms with Gasteiger partial charge in [-0.15, -0.1) is 11.8 Å². The lowest BCUT2D eigenvalue weighted by Crippen LogP contribution is -2.40. The van der Waals surface area contributed by atoms with Crippen LogP contribution in [0, 0.1) is 13.8 Å². The highest BCUT2D eigenvalue weighted by Crippen LogP contribution is 2.38. The first-order valence-electron chi connectivity index (χ1n) is 5.83. The molecule has 0 saturated carbocycles. The fourth-order valence-corrected chi connectivity index (χ4v) is 3.14. The minimum Gasteiger partial charge on any atom is -0.311 e. The van der Waals surface area contributed by atoms with Crippen LogP contribution in [0.1, 0.15) is 11.1 Å². The molecule has 1 heterocycles. The third kappa shape index (κ3) is 2.33. The fourth-order valence-electron chi connectivity index (χ4n) is 2.08. The van der Waals surface area contributed by atoms with E-state index in [1.807, 2.05) is 16.7 Å². The van der Waals surface area contributed by atoms with Gasteiger partial charge in [0.2, 0.25) is 5.91 Å². The van der Waals surface area contributed by atoms with E-state index < -0.39 is 0 Å². The van der Waals surface area contributed by atoms with Gasteiger partial charge in [0.15, 0.2) is 0 Å². The van der Waals surface area contributed by atoms with Gasteiger partial charge >= 0.3 is 0 Å². The lowest BCUT2D eigenvalue weighted by atomic mass is 10.1. The first kappa shape index (κ1) is 12.5. The Balaban J connectivity index is 2.42. The maximum atomic E-state index is 12.1. The third-order valence-electron chi connectivity index (χ3n) is 3.14. The van der Waals surface area contributed by atoms with E-state index >= 15 is 0 Å². The quantitative estimate of drug-likeness (QED) is 0.871. The molecule has 1 amide bonds. The zero-order chi connectivity index (χ0) is 12.4. The summed E-state index contributed by atoms with van der Waals surface area (Å²) >= 11 is 1.84. The van der Waals surface area contributed by atoms with Crippen molar-refractivity contribution in [2.24, 2.45) is 0 Å². The summed E-state index contributed by atoms with van der Waals surface area (Å²) in [7, 11) is 1.81. The van der Waals surface area contributed by atoms with Crippen molar-refractivity contribution in [3.05, 3.63) is 23.3 Å². The van der Waals surface area contributed by atoms with Crippen molar-refractivity contribution in [3.63, 3.8) is 0 Å². The molecule has 0 fully saturated rings. The molecule has 0 saturated heterocycles. The smallest absolute Gasteiger partial charge is 0.240 e. The summed E-state index contributed by atoms with van der Waals surface area (Å²) in [5.74, 6) is 1.13. The number of carbonyl (C=O) groups is 1. The molecule has 0 atom stereocenters. The standard InChI is InChI=1S/C13H18N2OS/c1-9-4-5-11-13(10(9)2)15(6-7-17-11)12(16)8-14-3/h4-5,14H,6-8H2,1-3H3. The van der Waals surface area contributed by atoms with Gasteiger partial charge in [-0.05, 0) is 38.1 Å². The van der Waals surface area contributed by atoms with E-state index in [9.17, 15) is 4.79 Å². The van der Waals surface area contributed by atoms with Gasteiger partial charge in [-0.1, -0.05) is 6.07 Å². The topological polar surface area (TPSA) is 32.3 Å². The normalized spacial score (nSPS) is 14.6. The van der Waals surface area contributed by atoms with Gasteiger partial charge in [0, 0.05) is 17.2 Å². The van der Waals surface area contributed by atoms with E-state index in [-0.39, 0.29) is 5.91 Å². The molecule has 1 aliphatic heterocycles. The van der Waals surface area contributed by atoms with Gasteiger partial charge in [-0.3, -0.25) is 4.79 Å². The number of amides is 1. The molecule has 3 nitrogen and oxygen atoms in total. The zero-order valence-corrected chi connectivity index (χ0v) is 11.4. The molecule has 92 valence electrons. The highest BCUT2D eigenvalue weighted by atomic mass is 32.2. The Kier molecular flexibility index (Phi) is 3.74. The minimum atomic E-state index is 0.155. The summed E-state index contributed by atoms with van der Waals surface area (Å²) in [6.45, 7) is 5.40. The van der Waals surface area contributed by atoms with Gasteiger partial charge in [0.1, 0.15) is 0 Å². The molecule has 1 aromatic carbocycles. The molecule has 1 aromatic rings. The molecule has 17 heavy (non-hydrogen) atoms. The Morgan fingerprint density at radius 1 is 1.47 bits per heavy atom. The average Bonchev–Trinajstić information content (AvgIpc) is 2.33. The number of anilines is 1. The number of benzene rings is 1. The molecule has 0 aliphatic carbocycles. The molecule has 0 aromatic heterocycles. The van der Waals surface area contributed by atoms with Crippen LogP contribution in [-0.2, 0) is 4.79 Å². The van der Waals surface area contributed by atoms with Gasteiger partial charge in [0.25, 0.3) is 0 Å². The monoisotopic (exact) mass is 250 g/mol. The Labute approximate surface area is 107 Å². The van der Waals surface area contributed by atoms with Crippen molar-refractivity contribution in [2.45, 2.75) is 18.7 Å². The highest BCUT2D eigenvalue weighted by Gasteiger charge is 2.24. The van der Waals surface area contributed by atoms with Crippen LogP contribution in [0.4, 0.5) is 5.69 Å². The van der Waals surface area contributed by atoms with Crippen LogP contribution in [0.2, 0.25) is 0 Å². The number of carbonyl (C=O) groups excluding carboxylic acids is 1. The summed E-state index contributed by atoms with van der Waals surface area (Å²) in [6, 6.07) is 4.26. The molecule has 4 heteroatoms. The van der Waals surface area contributed by atoms with Crippen molar-refractivity contribution in [2.75, 3.05) is 30.8 Å². The van der Waals surface area contributed by atoms with Gasteiger partial charge in [0.05, 0.1) is 12.2 Å². The second-order valence-corrected chi connectivity index (χ2v) is 5.42. The van der Waals surface area contributed by atoms with Crippen LogP contribution in [0.25, 0.3) is 0 Å². The Bertz CT molecular complexity index is 445. The molecule has 1 aliphatic rings. The van der Waals surface area contributed by atoms with Crippen LogP contribution in [0.5, 0.6) is 0 Å². The number of rotatable bonds is 2. The first-order chi connectivity index (χ1) is 8.15. The fraction of sp³-hybridized carbons (Fsp3) is 0.462.